The van der Waals surface area contributed by atoms with E-state index in [4.69, 9.17) is 15.8 Å². The molecule has 3 aromatic rings. The summed E-state index contributed by atoms with van der Waals surface area (Å²) in [7, 11) is 0. The molecule has 0 fully saturated rings. The van der Waals surface area contributed by atoms with E-state index < -0.39 is 0 Å². The highest BCUT2D eigenvalue weighted by Gasteiger charge is 2.11. The Labute approximate surface area is 136 Å². The van der Waals surface area contributed by atoms with Gasteiger partial charge in [0.05, 0.1) is 5.69 Å². The molecule has 23 heavy (non-hydrogen) atoms. The standard InChI is InChI=1S/C18H23N5/c1-3-6-14-11-17(20-10-9-19)23-18(21-14)12-16(22-23)15-8-5-4-7-13(15)2/h4-5,7-8,11-12,20H,3,6,9-10,19H2,1-2H3. The lowest BCUT2D eigenvalue weighted by Crippen LogP contribution is -2.16. The van der Waals surface area contributed by atoms with Gasteiger partial charge in [-0.2, -0.15) is 9.61 Å². The van der Waals surface area contributed by atoms with Crippen LogP contribution < -0.4 is 11.1 Å². The Morgan fingerprint density at radius 1 is 1.22 bits per heavy atom. The normalized spacial score (nSPS) is 11.1. The highest BCUT2D eigenvalue weighted by atomic mass is 15.3. The van der Waals surface area contributed by atoms with E-state index in [0.717, 1.165) is 41.3 Å². The molecule has 0 atom stereocenters. The van der Waals surface area contributed by atoms with Crippen molar-refractivity contribution < 1.29 is 0 Å². The van der Waals surface area contributed by atoms with Gasteiger partial charge in [0.25, 0.3) is 0 Å². The lowest BCUT2D eigenvalue weighted by molar-refractivity contribution is 0.855. The van der Waals surface area contributed by atoms with Gasteiger partial charge in [-0.05, 0) is 18.9 Å². The minimum absolute atomic E-state index is 0.582. The third-order valence-corrected chi connectivity index (χ3v) is 3.86. The molecule has 0 saturated heterocycles. The number of anilines is 1. The summed E-state index contributed by atoms with van der Waals surface area (Å²) in [6.07, 6.45) is 2.02. The van der Waals surface area contributed by atoms with Crippen LogP contribution in [0.3, 0.4) is 0 Å². The first kappa shape index (κ1) is 15.5. The van der Waals surface area contributed by atoms with Crippen LogP contribution in [0.25, 0.3) is 16.9 Å². The molecule has 0 aliphatic carbocycles. The van der Waals surface area contributed by atoms with Crippen LogP contribution in [0.4, 0.5) is 5.82 Å². The summed E-state index contributed by atoms with van der Waals surface area (Å²) >= 11 is 0. The average molecular weight is 309 g/mol. The van der Waals surface area contributed by atoms with Crippen molar-refractivity contribution in [1.82, 2.24) is 14.6 Å². The van der Waals surface area contributed by atoms with Crippen molar-refractivity contribution in [2.75, 3.05) is 18.4 Å². The van der Waals surface area contributed by atoms with Crippen LogP contribution in [0.15, 0.2) is 36.4 Å². The van der Waals surface area contributed by atoms with E-state index in [1.807, 2.05) is 16.6 Å². The molecule has 2 aromatic heterocycles. The predicted molar refractivity (Wildman–Crippen MR) is 94.7 cm³/mol. The second kappa shape index (κ2) is 6.79. The zero-order valence-corrected chi connectivity index (χ0v) is 13.7. The van der Waals surface area contributed by atoms with E-state index in [0.29, 0.717) is 13.1 Å². The van der Waals surface area contributed by atoms with Gasteiger partial charge in [-0.1, -0.05) is 37.6 Å². The van der Waals surface area contributed by atoms with Gasteiger partial charge >= 0.3 is 0 Å². The second-order valence-corrected chi connectivity index (χ2v) is 5.71. The maximum Gasteiger partial charge on any atom is 0.158 e. The number of fused-ring (bicyclic) bond motifs is 1. The largest absolute Gasteiger partial charge is 0.369 e. The molecule has 5 heteroatoms. The van der Waals surface area contributed by atoms with Gasteiger partial charge in [-0.3, -0.25) is 0 Å². The molecule has 1 aromatic carbocycles. The molecule has 0 spiro atoms. The molecular weight excluding hydrogens is 286 g/mol. The number of hydrogen-bond acceptors (Lipinski definition) is 4. The number of hydrogen-bond donors (Lipinski definition) is 2. The highest BCUT2D eigenvalue weighted by Crippen LogP contribution is 2.24. The van der Waals surface area contributed by atoms with Crippen LogP contribution in [0.1, 0.15) is 24.6 Å². The van der Waals surface area contributed by atoms with E-state index in [1.54, 1.807) is 0 Å². The van der Waals surface area contributed by atoms with E-state index in [-0.39, 0.29) is 0 Å². The molecule has 0 saturated carbocycles. The van der Waals surface area contributed by atoms with E-state index >= 15 is 0 Å². The Bertz CT molecular complexity index is 806. The molecule has 2 heterocycles. The van der Waals surface area contributed by atoms with Crippen LogP contribution in [0, 0.1) is 6.92 Å². The Morgan fingerprint density at radius 2 is 2.04 bits per heavy atom. The number of nitrogens with zero attached hydrogens (tertiary/aromatic N) is 3. The van der Waals surface area contributed by atoms with Gasteiger partial charge in [0.15, 0.2) is 5.65 Å². The number of nitrogens with two attached hydrogens (primary N) is 1. The summed E-state index contributed by atoms with van der Waals surface area (Å²) in [6, 6.07) is 12.4. The van der Waals surface area contributed by atoms with Crippen molar-refractivity contribution in [2.45, 2.75) is 26.7 Å². The van der Waals surface area contributed by atoms with Gasteiger partial charge in [0.1, 0.15) is 5.82 Å². The molecule has 0 bridgehead atoms. The topological polar surface area (TPSA) is 68.2 Å². The first-order valence-corrected chi connectivity index (χ1v) is 8.12. The van der Waals surface area contributed by atoms with Crippen molar-refractivity contribution in [3.8, 4) is 11.3 Å². The van der Waals surface area contributed by atoms with Crippen LogP contribution in [0.5, 0.6) is 0 Å². The fraction of sp³-hybridized carbons (Fsp3) is 0.333. The summed E-state index contributed by atoms with van der Waals surface area (Å²) in [6.45, 7) is 5.56. The molecule has 3 rings (SSSR count). The summed E-state index contributed by atoms with van der Waals surface area (Å²) < 4.78 is 1.87. The Morgan fingerprint density at radius 3 is 2.78 bits per heavy atom. The zero-order valence-electron chi connectivity index (χ0n) is 13.7. The van der Waals surface area contributed by atoms with Gasteiger partial charge < -0.3 is 11.1 Å². The Hall–Kier alpha value is -2.40. The van der Waals surface area contributed by atoms with E-state index in [2.05, 4.69) is 43.4 Å². The monoisotopic (exact) mass is 309 g/mol. The van der Waals surface area contributed by atoms with Gasteiger partial charge in [0, 0.05) is 36.5 Å². The molecule has 0 radical (unpaired) electrons. The number of aryl methyl sites for hydroxylation is 2. The van der Waals surface area contributed by atoms with Crippen molar-refractivity contribution in [3.63, 3.8) is 0 Å². The molecule has 0 aliphatic heterocycles. The molecule has 0 unspecified atom stereocenters. The molecular formula is C18H23N5. The summed E-state index contributed by atoms with van der Waals surface area (Å²) in [5.74, 6) is 0.948. The summed E-state index contributed by atoms with van der Waals surface area (Å²) in [4.78, 5) is 4.74. The van der Waals surface area contributed by atoms with Crippen LogP contribution >= 0.6 is 0 Å². The molecule has 5 nitrogen and oxygen atoms in total. The second-order valence-electron chi connectivity index (χ2n) is 5.71. The highest BCUT2D eigenvalue weighted by molar-refractivity contribution is 5.68. The number of rotatable bonds is 6. The van der Waals surface area contributed by atoms with Gasteiger partial charge in [-0.25, -0.2) is 4.98 Å². The Kier molecular flexibility index (Phi) is 4.57. The van der Waals surface area contributed by atoms with Gasteiger partial charge in [-0.15, -0.1) is 0 Å². The molecule has 0 amide bonds. The van der Waals surface area contributed by atoms with Crippen molar-refractivity contribution >= 4 is 11.5 Å². The predicted octanol–water partition coefficient (Wildman–Crippen LogP) is 3.03. The van der Waals surface area contributed by atoms with Crippen LogP contribution in [-0.4, -0.2) is 27.7 Å². The average Bonchev–Trinajstić information content (AvgIpc) is 2.97. The number of aromatic nitrogens is 3. The molecule has 120 valence electrons. The van der Waals surface area contributed by atoms with Crippen LogP contribution in [-0.2, 0) is 6.42 Å². The summed E-state index contributed by atoms with van der Waals surface area (Å²) in [5.41, 5.74) is 10.9. The molecule has 0 aliphatic rings. The molecule has 3 N–H and O–H groups in total. The number of nitrogens with one attached hydrogen (secondary N) is 1. The zero-order chi connectivity index (χ0) is 16.2. The summed E-state index contributed by atoms with van der Waals surface area (Å²) in [5, 5.41) is 8.10. The van der Waals surface area contributed by atoms with E-state index in [9.17, 15) is 0 Å². The smallest absolute Gasteiger partial charge is 0.158 e. The van der Waals surface area contributed by atoms with Gasteiger partial charge in [0.2, 0.25) is 0 Å². The minimum atomic E-state index is 0.582. The van der Waals surface area contributed by atoms with Crippen molar-refractivity contribution in [3.05, 3.63) is 47.7 Å². The Balaban J connectivity index is 2.11. The maximum atomic E-state index is 5.63. The van der Waals surface area contributed by atoms with Crippen molar-refractivity contribution in [1.29, 1.82) is 0 Å². The first-order valence-electron chi connectivity index (χ1n) is 8.12. The van der Waals surface area contributed by atoms with Crippen molar-refractivity contribution in [2.24, 2.45) is 5.73 Å². The maximum absolute atomic E-state index is 5.63. The third-order valence-electron chi connectivity index (χ3n) is 3.86. The van der Waals surface area contributed by atoms with Crippen LogP contribution in [0.2, 0.25) is 0 Å². The number of benzene rings is 1. The SMILES string of the molecule is CCCc1cc(NCCN)n2nc(-c3ccccc3C)cc2n1. The fourth-order valence-electron chi connectivity index (χ4n) is 2.73. The lowest BCUT2D eigenvalue weighted by Gasteiger charge is -2.09. The first-order chi connectivity index (χ1) is 11.2. The minimum Gasteiger partial charge on any atom is -0.369 e. The lowest BCUT2D eigenvalue weighted by atomic mass is 10.1. The third kappa shape index (κ3) is 3.19. The van der Waals surface area contributed by atoms with E-state index in [1.165, 1.54) is 5.56 Å². The fourth-order valence-corrected chi connectivity index (χ4v) is 2.73. The quantitative estimate of drug-likeness (QED) is 0.734.